The van der Waals surface area contributed by atoms with Gasteiger partial charge in [0.15, 0.2) is 0 Å². The van der Waals surface area contributed by atoms with Crippen molar-refractivity contribution in [3.8, 4) is 22.4 Å². The van der Waals surface area contributed by atoms with Crippen molar-refractivity contribution < 1.29 is 9.18 Å². The number of benzene rings is 1. The Bertz CT molecular complexity index is 1350. The maximum atomic E-state index is 13.8. The number of nitrogens with zero attached hydrogens (tertiary/aromatic N) is 4. The van der Waals surface area contributed by atoms with Crippen LogP contribution in [0.2, 0.25) is 0 Å². The fourth-order valence-corrected chi connectivity index (χ4v) is 4.17. The Balaban J connectivity index is 1.60. The molecule has 0 radical (unpaired) electrons. The first-order valence-corrected chi connectivity index (χ1v) is 12.0. The minimum Gasteiger partial charge on any atom is -0.351 e. The third kappa shape index (κ3) is 5.25. The second kappa shape index (κ2) is 10.4. The van der Waals surface area contributed by atoms with Gasteiger partial charge < -0.3 is 10.2 Å². The number of carbonyl (C=O) groups is 1. The van der Waals surface area contributed by atoms with Gasteiger partial charge >= 0.3 is 0 Å². The van der Waals surface area contributed by atoms with Crippen molar-refractivity contribution in [3.05, 3.63) is 78.1 Å². The Morgan fingerprint density at radius 3 is 2.63 bits per heavy atom. The topological polar surface area (TPSA) is 62.5 Å². The highest BCUT2D eigenvalue weighted by atomic mass is 19.1. The summed E-state index contributed by atoms with van der Waals surface area (Å²) in [5.74, 6) is -0.401. The molecule has 1 atom stereocenters. The highest BCUT2D eigenvalue weighted by Crippen LogP contribution is 2.31. The molecule has 1 aromatic carbocycles. The van der Waals surface area contributed by atoms with E-state index >= 15 is 0 Å². The molecule has 0 aliphatic rings. The molecular weight excluding hydrogens is 441 g/mol. The van der Waals surface area contributed by atoms with Gasteiger partial charge in [0.25, 0.3) is 5.91 Å². The number of rotatable bonds is 8. The fraction of sp³-hybridized carbons (Fsp3) is 0.321. The van der Waals surface area contributed by atoms with Crippen LogP contribution in [-0.2, 0) is 0 Å². The minimum atomic E-state index is -0.244. The Labute approximate surface area is 205 Å². The molecule has 35 heavy (non-hydrogen) atoms. The average Bonchev–Trinajstić information content (AvgIpc) is 3.28. The minimum absolute atomic E-state index is 0.158. The van der Waals surface area contributed by atoms with Crippen LogP contribution in [0.3, 0.4) is 0 Å². The monoisotopic (exact) mass is 473 g/mol. The number of imidazole rings is 1. The third-order valence-electron chi connectivity index (χ3n) is 6.65. The highest BCUT2D eigenvalue weighted by Gasteiger charge is 2.16. The van der Waals surface area contributed by atoms with Gasteiger partial charge in [-0.15, -0.1) is 0 Å². The zero-order valence-electron chi connectivity index (χ0n) is 20.9. The van der Waals surface area contributed by atoms with E-state index in [-0.39, 0.29) is 11.7 Å². The number of halogens is 1. The van der Waals surface area contributed by atoms with E-state index in [2.05, 4.69) is 48.0 Å². The molecule has 0 aliphatic carbocycles. The van der Waals surface area contributed by atoms with Crippen LogP contribution in [-0.4, -0.2) is 50.9 Å². The smallest absolute Gasteiger partial charge is 0.269 e. The average molecular weight is 474 g/mol. The van der Waals surface area contributed by atoms with Crippen molar-refractivity contribution in [3.63, 3.8) is 0 Å². The largest absolute Gasteiger partial charge is 0.351 e. The van der Waals surface area contributed by atoms with Crippen molar-refractivity contribution >= 4 is 11.6 Å². The Kier molecular flexibility index (Phi) is 7.26. The van der Waals surface area contributed by atoms with E-state index in [1.807, 2.05) is 30.5 Å². The molecule has 4 rings (SSSR count). The number of hydrogen-bond acceptors (Lipinski definition) is 4. The van der Waals surface area contributed by atoms with Crippen LogP contribution in [0, 0.1) is 12.7 Å². The predicted molar refractivity (Wildman–Crippen MR) is 138 cm³/mol. The van der Waals surface area contributed by atoms with Gasteiger partial charge in [-0.25, -0.2) is 9.37 Å². The summed E-state index contributed by atoms with van der Waals surface area (Å²) in [4.78, 5) is 24.3. The molecule has 1 amide bonds. The molecule has 7 heteroatoms. The van der Waals surface area contributed by atoms with Gasteiger partial charge in [-0.3, -0.25) is 14.2 Å². The number of fused-ring (bicyclic) bond motifs is 1. The molecule has 0 fully saturated rings. The summed E-state index contributed by atoms with van der Waals surface area (Å²) in [5.41, 5.74) is 5.11. The first-order chi connectivity index (χ1) is 16.8. The Morgan fingerprint density at radius 2 is 1.89 bits per heavy atom. The third-order valence-corrected chi connectivity index (χ3v) is 6.65. The Hall–Kier alpha value is -3.58. The van der Waals surface area contributed by atoms with E-state index in [4.69, 9.17) is 0 Å². The summed E-state index contributed by atoms with van der Waals surface area (Å²) in [6.07, 6.45) is 6.09. The van der Waals surface area contributed by atoms with Crippen LogP contribution >= 0.6 is 0 Å². The van der Waals surface area contributed by atoms with Crippen molar-refractivity contribution in [2.75, 3.05) is 13.6 Å². The molecule has 0 spiro atoms. The molecule has 6 nitrogen and oxygen atoms in total. The van der Waals surface area contributed by atoms with Gasteiger partial charge in [0.1, 0.15) is 17.2 Å². The summed E-state index contributed by atoms with van der Waals surface area (Å²) in [7, 11) is 2.10. The van der Waals surface area contributed by atoms with E-state index in [1.54, 1.807) is 35.9 Å². The first-order valence-electron chi connectivity index (χ1n) is 12.0. The van der Waals surface area contributed by atoms with Gasteiger partial charge in [0.2, 0.25) is 0 Å². The molecule has 0 aliphatic heterocycles. The molecule has 0 saturated carbocycles. The van der Waals surface area contributed by atoms with Crippen molar-refractivity contribution in [1.82, 2.24) is 24.6 Å². The first kappa shape index (κ1) is 24.5. The second-order valence-corrected chi connectivity index (χ2v) is 9.31. The lowest BCUT2D eigenvalue weighted by atomic mass is 9.99. The van der Waals surface area contributed by atoms with Crippen LogP contribution in [0.25, 0.3) is 28.0 Å². The summed E-state index contributed by atoms with van der Waals surface area (Å²) >= 11 is 0. The van der Waals surface area contributed by atoms with Crippen LogP contribution in [0.5, 0.6) is 0 Å². The number of hydrogen-bond donors (Lipinski definition) is 1. The molecule has 4 aromatic rings. The quantitative estimate of drug-likeness (QED) is 0.374. The summed E-state index contributed by atoms with van der Waals surface area (Å²) in [6.45, 7) is 8.82. The van der Waals surface area contributed by atoms with Crippen LogP contribution < -0.4 is 5.32 Å². The number of amides is 1. The molecule has 1 N–H and O–H groups in total. The summed E-state index contributed by atoms with van der Waals surface area (Å²) < 4.78 is 15.6. The van der Waals surface area contributed by atoms with Crippen molar-refractivity contribution in [2.24, 2.45) is 0 Å². The molecule has 1 unspecified atom stereocenters. The van der Waals surface area contributed by atoms with Crippen LogP contribution in [0.1, 0.15) is 43.2 Å². The molecule has 3 heterocycles. The second-order valence-electron chi connectivity index (χ2n) is 9.31. The zero-order chi connectivity index (χ0) is 25.1. The maximum absolute atomic E-state index is 13.8. The predicted octanol–water partition coefficient (Wildman–Crippen LogP) is 5.36. The van der Waals surface area contributed by atoms with Gasteiger partial charge in [-0.05, 0) is 83.1 Å². The molecule has 3 aromatic heterocycles. The van der Waals surface area contributed by atoms with Gasteiger partial charge in [-0.1, -0.05) is 6.07 Å². The molecule has 0 saturated heterocycles. The van der Waals surface area contributed by atoms with Crippen LogP contribution in [0.15, 0.2) is 61.1 Å². The highest BCUT2D eigenvalue weighted by molar-refractivity contribution is 5.93. The SMILES string of the molecule is Cc1cc(-c2ncccc2-c2ccc3ncc(C(=O)NCCC(C)N(C)C(C)C)n3c2)ccc1F. The standard InChI is InChI=1S/C28H32FN5O/c1-18(2)33(5)20(4)12-14-31-28(35)25-16-32-26-11-9-22(17-34(25)26)23-7-6-13-30-27(23)21-8-10-24(29)19(3)15-21/h6-11,13,15-18,20H,12,14H2,1-5H3,(H,31,35). The van der Waals surface area contributed by atoms with E-state index in [0.717, 1.165) is 28.8 Å². The lowest BCUT2D eigenvalue weighted by molar-refractivity contribution is 0.0942. The Morgan fingerprint density at radius 1 is 1.11 bits per heavy atom. The lowest BCUT2D eigenvalue weighted by Gasteiger charge is -2.28. The summed E-state index contributed by atoms with van der Waals surface area (Å²) in [6, 6.07) is 13.5. The van der Waals surface area contributed by atoms with E-state index in [1.165, 1.54) is 6.07 Å². The lowest BCUT2D eigenvalue weighted by Crippen LogP contribution is -2.37. The van der Waals surface area contributed by atoms with E-state index in [9.17, 15) is 9.18 Å². The van der Waals surface area contributed by atoms with E-state index < -0.39 is 0 Å². The fourth-order valence-electron chi connectivity index (χ4n) is 4.17. The number of pyridine rings is 2. The van der Waals surface area contributed by atoms with Crippen molar-refractivity contribution in [2.45, 2.75) is 46.2 Å². The number of carbonyl (C=O) groups excluding carboxylic acids is 1. The zero-order valence-corrected chi connectivity index (χ0v) is 20.9. The van der Waals surface area contributed by atoms with Gasteiger partial charge in [-0.2, -0.15) is 0 Å². The maximum Gasteiger partial charge on any atom is 0.269 e. The normalized spacial score (nSPS) is 12.5. The number of nitrogens with one attached hydrogen (secondary N) is 1. The number of aryl methyl sites for hydroxylation is 1. The van der Waals surface area contributed by atoms with E-state index in [0.29, 0.717) is 35.5 Å². The number of aromatic nitrogens is 3. The summed E-state index contributed by atoms with van der Waals surface area (Å²) in [5, 5.41) is 3.04. The van der Waals surface area contributed by atoms with Crippen molar-refractivity contribution in [1.29, 1.82) is 0 Å². The molecule has 182 valence electrons. The molecule has 0 bridgehead atoms. The van der Waals surface area contributed by atoms with Crippen LogP contribution in [0.4, 0.5) is 4.39 Å². The van der Waals surface area contributed by atoms with Gasteiger partial charge in [0.05, 0.1) is 11.9 Å². The molecular formula is C28H32FN5O. The van der Waals surface area contributed by atoms with Gasteiger partial charge in [0, 0.05) is 47.7 Å².